The van der Waals surface area contributed by atoms with Crippen molar-refractivity contribution in [1.82, 2.24) is 9.97 Å². The van der Waals surface area contributed by atoms with Crippen molar-refractivity contribution >= 4 is 22.8 Å². The molecular weight excluding hydrogens is 266 g/mol. The first-order valence-electron chi connectivity index (χ1n) is 6.50. The number of rotatable bonds is 3. The summed E-state index contributed by atoms with van der Waals surface area (Å²) in [5, 5.41) is 2.68. The maximum Gasteiger partial charge on any atom is 0.411 e. The number of aromatic nitrogens is 2. The number of benzene rings is 2. The fourth-order valence-electron chi connectivity index (χ4n) is 1.92. The Morgan fingerprint density at radius 1 is 1.00 bits per heavy atom. The summed E-state index contributed by atoms with van der Waals surface area (Å²) in [6, 6.07) is 14.8. The second kappa shape index (κ2) is 6.00. The van der Waals surface area contributed by atoms with Crippen molar-refractivity contribution in [3.63, 3.8) is 0 Å². The van der Waals surface area contributed by atoms with Gasteiger partial charge in [-0.3, -0.25) is 15.3 Å². The second-order valence-electron chi connectivity index (χ2n) is 4.45. The Labute approximate surface area is 121 Å². The third-order valence-electron chi connectivity index (χ3n) is 2.93. The fraction of sp³-hybridized carbons (Fsp3) is 0.0625. The Kier molecular flexibility index (Phi) is 3.73. The Bertz CT molecular complexity index is 760. The monoisotopic (exact) mass is 279 g/mol. The van der Waals surface area contributed by atoms with Gasteiger partial charge < -0.3 is 4.74 Å². The van der Waals surface area contributed by atoms with E-state index in [1.807, 2.05) is 30.3 Å². The molecule has 1 heterocycles. The zero-order valence-corrected chi connectivity index (χ0v) is 11.2. The van der Waals surface area contributed by atoms with E-state index in [1.54, 1.807) is 30.6 Å². The summed E-state index contributed by atoms with van der Waals surface area (Å²) in [6.45, 7) is 0.236. The van der Waals surface area contributed by atoms with Gasteiger partial charge in [-0.2, -0.15) is 0 Å². The van der Waals surface area contributed by atoms with Gasteiger partial charge >= 0.3 is 6.09 Å². The van der Waals surface area contributed by atoms with Gasteiger partial charge in [-0.15, -0.1) is 0 Å². The molecule has 0 atom stereocenters. The standard InChI is InChI=1S/C16H13N3O2/c20-16(21-11-12-4-2-1-3-5-12)19-13-6-7-14-15(10-13)18-9-8-17-14/h1-10H,11H2,(H,19,20). The molecule has 1 N–H and O–H groups in total. The number of fused-ring (bicyclic) bond motifs is 1. The van der Waals surface area contributed by atoms with Crippen molar-refractivity contribution in [2.24, 2.45) is 0 Å². The molecule has 1 aromatic heterocycles. The number of nitrogens with zero attached hydrogens (tertiary/aromatic N) is 2. The molecule has 5 nitrogen and oxygen atoms in total. The predicted octanol–water partition coefficient (Wildman–Crippen LogP) is 3.38. The maximum atomic E-state index is 11.8. The van der Waals surface area contributed by atoms with Crippen LogP contribution in [0, 0.1) is 0 Å². The zero-order chi connectivity index (χ0) is 14.5. The van der Waals surface area contributed by atoms with Gasteiger partial charge in [-0.25, -0.2) is 4.79 Å². The Hall–Kier alpha value is -2.95. The highest BCUT2D eigenvalue weighted by Gasteiger charge is 2.05. The van der Waals surface area contributed by atoms with Crippen molar-refractivity contribution in [3.8, 4) is 0 Å². The normalized spacial score (nSPS) is 10.3. The second-order valence-corrected chi connectivity index (χ2v) is 4.45. The molecule has 104 valence electrons. The van der Waals surface area contributed by atoms with Crippen molar-refractivity contribution in [2.75, 3.05) is 5.32 Å². The van der Waals surface area contributed by atoms with Crippen LogP contribution in [-0.2, 0) is 11.3 Å². The van der Waals surface area contributed by atoms with Crippen LogP contribution in [-0.4, -0.2) is 16.1 Å². The first kappa shape index (κ1) is 13.1. The summed E-state index contributed by atoms with van der Waals surface area (Å²) < 4.78 is 5.16. The molecule has 0 spiro atoms. The maximum absolute atomic E-state index is 11.8. The van der Waals surface area contributed by atoms with Crippen LogP contribution in [0.2, 0.25) is 0 Å². The number of ether oxygens (including phenoxy) is 1. The number of anilines is 1. The minimum absolute atomic E-state index is 0.236. The molecule has 0 bridgehead atoms. The van der Waals surface area contributed by atoms with E-state index in [0.29, 0.717) is 5.69 Å². The molecule has 0 fully saturated rings. The molecule has 0 aliphatic heterocycles. The molecule has 0 unspecified atom stereocenters. The summed E-state index contributed by atoms with van der Waals surface area (Å²) >= 11 is 0. The van der Waals surface area contributed by atoms with Crippen molar-refractivity contribution in [1.29, 1.82) is 0 Å². The quantitative estimate of drug-likeness (QED) is 0.798. The first-order chi connectivity index (χ1) is 10.3. The van der Waals surface area contributed by atoms with E-state index in [-0.39, 0.29) is 6.61 Å². The molecule has 1 amide bonds. The molecule has 0 saturated heterocycles. The molecule has 0 saturated carbocycles. The molecule has 0 aliphatic rings. The SMILES string of the molecule is O=C(Nc1ccc2nccnc2c1)OCc1ccccc1. The highest BCUT2D eigenvalue weighted by Crippen LogP contribution is 2.15. The van der Waals surface area contributed by atoms with E-state index in [9.17, 15) is 4.79 Å². The summed E-state index contributed by atoms with van der Waals surface area (Å²) in [6.07, 6.45) is 2.74. The number of hydrogen-bond acceptors (Lipinski definition) is 4. The lowest BCUT2D eigenvalue weighted by Crippen LogP contribution is -2.13. The number of hydrogen-bond donors (Lipinski definition) is 1. The predicted molar refractivity (Wildman–Crippen MR) is 79.8 cm³/mol. The van der Waals surface area contributed by atoms with Gasteiger partial charge in [-0.05, 0) is 23.8 Å². The van der Waals surface area contributed by atoms with Crippen LogP contribution in [0.4, 0.5) is 10.5 Å². The molecule has 3 rings (SSSR count). The first-order valence-corrected chi connectivity index (χ1v) is 6.50. The van der Waals surface area contributed by atoms with Crippen LogP contribution in [0.5, 0.6) is 0 Å². The van der Waals surface area contributed by atoms with Gasteiger partial charge in [0.15, 0.2) is 0 Å². The molecule has 21 heavy (non-hydrogen) atoms. The average molecular weight is 279 g/mol. The summed E-state index contributed by atoms with van der Waals surface area (Å²) in [7, 11) is 0. The van der Waals surface area contributed by atoms with Gasteiger partial charge in [0.25, 0.3) is 0 Å². The van der Waals surface area contributed by atoms with Gasteiger partial charge in [-0.1, -0.05) is 30.3 Å². The minimum atomic E-state index is -0.498. The van der Waals surface area contributed by atoms with Crippen LogP contribution < -0.4 is 5.32 Å². The van der Waals surface area contributed by atoms with Gasteiger partial charge in [0.1, 0.15) is 6.61 Å². The lowest BCUT2D eigenvalue weighted by Gasteiger charge is -2.07. The van der Waals surface area contributed by atoms with Crippen LogP contribution >= 0.6 is 0 Å². The third kappa shape index (κ3) is 3.33. The topological polar surface area (TPSA) is 64.1 Å². The Morgan fingerprint density at radius 2 is 1.76 bits per heavy atom. The van der Waals surface area contributed by atoms with Crippen molar-refractivity contribution in [2.45, 2.75) is 6.61 Å². The third-order valence-corrected chi connectivity index (χ3v) is 2.93. The zero-order valence-electron chi connectivity index (χ0n) is 11.2. The molecule has 0 radical (unpaired) electrons. The van der Waals surface area contributed by atoms with E-state index in [2.05, 4.69) is 15.3 Å². The largest absolute Gasteiger partial charge is 0.444 e. The highest BCUT2D eigenvalue weighted by atomic mass is 16.5. The van der Waals surface area contributed by atoms with Crippen LogP contribution in [0.1, 0.15) is 5.56 Å². The highest BCUT2D eigenvalue weighted by molar-refractivity contribution is 5.88. The average Bonchev–Trinajstić information content (AvgIpc) is 2.54. The van der Waals surface area contributed by atoms with Gasteiger partial charge in [0.2, 0.25) is 0 Å². The summed E-state index contributed by atoms with van der Waals surface area (Å²) in [5.74, 6) is 0. The van der Waals surface area contributed by atoms with Gasteiger partial charge in [0.05, 0.1) is 11.0 Å². The molecular formula is C16H13N3O2. The molecule has 0 aliphatic carbocycles. The van der Waals surface area contributed by atoms with Crippen LogP contribution in [0.3, 0.4) is 0 Å². The van der Waals surface area contributed by atoms with E-state index < -0.39 is 6.09 Å². The summed E-state index contributed by atoms with van der Waals surface area (Å²) in [5.41, 5.74) is 3.07. The molecule has 3 aromatic rings. The van der Waals surface area contributed by atoms with Crippen molar-refractivity contribution < 1.29 is 9.53 Å². The van der Waals surface area contributed by atoms with Gasteiger partial charge in [0, 0.05) is 18.1 Å². The lowest BCUT2D eigenvalue weighted by molar-refractivity contribution is 0.155. The minimum Gasteiger partial charge on any atom is -0.444 e. The molecule has 2 aromatic carbocycles. The Morgan fingerprint density at radius 3 is 2.57 bits per heavy atom. The summed E-state index contributed by atoms with van der Waals surface area (Å²) in [4.78, 5) is 20.1. The van der Waals surface area contributed by atoms with E-state index in [4.69, 9.17) is 4.74 Å². The van der Waals surface area contributed by atoms with E-state index >= 15 is 0 Å². The number of carbonyl (C=O) groups excluding carboxylic acids is 1. The van der Waals surface area contributed by atoms with Crippen molar-refractivity contribution in [3.05, 3.63) is 66.5 Å². The Balaban J connectivity index is 1.63. The van der Waals surface area contributed by atoms with Crippen LogP contribution in [0.15, 0.2) is 60.9 Å². The van der Waals surface area contributed by atoms with Crippen LogP contribution in [0.25, 0.3) is 11.0 Å². The van der Waals surface area contributed by atoms with E-state index in [0.717, 1.165) is 16.6 Å². The number of amides is 1. The lowest BCUT2D eigenvalue weighted by atomic mass is 10.2. The number of nitrogens with one attached hydrogen (secondary N) is 1. The van der Waals surface area contributed by atoms with E-state index in [1.165, 1.54) is 0 Å². The smallest absolute Gasteiger partial charge is 0.411 e. The molecule has 5 heteroatoms. The number of carbonyl (C=O) groups is 1. The fourth-order valence-corrected chi connectivity index (χ4v) is 1.92.